The maximum Gasteiger partial charge on any atom is 0.242 e. The third-order valence-electron chi connectivity index (χ3n) is 4.41. The molecule has 0 heterocycles. The van der Waals surface area contributed by atoms with E-state index < -0.39 is 6.04 Å². The van der Waals surface area contributed by atoms with Gasteiger partial charge in [-0.25, -0.2) is 0 Å². The molecular formula is C21H24Cl2N2O2. The van der Waals surface area contributed by atoms with Crippen LogP contribution in [0.25, 0.3) is 0 Å². The molecule has 1 N–H and O–H groups in total. The van der Waals surface area contributed by atoms with Gasteiger partial charge in [-0.2, -0.15) is 0 Å². The predicted octanol–water partition coefficient (Wildman–Crippen LogP) is 4.40. The van der Waals surface area contributed by atoms with E-state index in [2.05, 4.69) is 5.32 Å². The van der Waals surface area contributed by atoms with E-state index in [0.29, 0.717) is 23.0 Å². The summed E-state index contributed by atoms with van der Waals surface area (Å²) in [6.07, 6.45) is 0.675. The molecule has 4 nitrogen and oxygen atoms in total. The number of nitrogens with zero attached hydrogens (tertiary/aromatic N) is 1. The molecule has 27 heavy (non-hydrogen) atoms. The number of rotatable bonds is 7. The van der Waals surface area contributed by atoms with E-state index in [0.717, 1.165) is 16.7 Å². The highest BCUT2D eigenvalue weighted by Crippen LogP contribution is 2.23. The van der Waals surface area contributed by atoms with Gasteiger partial charge in [-0.1, -0.05) is 66.0 Å². The van der Waals surface area contributed by atoms with Gasteiger partial charge in [-0.3, -0.25) is 9.59 Å². The Morgan fingerprint density at radius 3 is 2.41 bits per heavy atom. The maximum atomic E-state index is 13.1. The molecule has 0 aliphatic rings. The molecule has 0 radical (unpaired) electrons. The van der Waals surface area contributed by atoms with Gasteiger partial charge in [0.2, 0.25) is 11.8 Å². The summed E-state index contributed by atoms with van der Waals surface area (Å²) in [5.74, 6) is -0.307. The number of carbonyl (C=O) groups is 2. The SMILES string of the molecule is CC[C@@H](C(=O)NC)N(Cc1cccc(C)c1)C(=O)Cc1ccc(Cl)c(Cl)c1. The van der Waals surface area contributed by atoms with Crippen molar-refractivity contribution in [1.29, 1.82) is 0 Å². The molecule has 0 bridgehead atoms. The van der Waals surface area contributed by atoms with Crippen LogP contribution < -0.4 is 5.32 Å². The van der Waals surface area contributed by atoms with Crippen molar-refractivity contribution in [2.75, 3.05) is 7.05 Å². The van der Waals surface area contributed by atoms with E-state index in [1.165, 1.54) is 0 Å². The summed E-state index contributed by atoms with van der Waals surface area (Å²) in [5, 5.41) is 3.51. The van der Waals surface area contributed by atoms with Gasteiger partial charge in [0.1, 0.15) is 6.04 Å². The zero-order valence-corrected chi connectivity index (χ0v) is 17.3. The van der Waals surface area contributed by atoms with Crippen molar-refractivity contribution in [2.24, 2.45) is 0 Å². The van der Waals surface area contributed by atoms with E-state index in [-0.39, 0.29) is 18.2 Å². The summed E-state index contributed by atoms with van der Waals surface area (Å²) in [5.41, 5.74) is 2.85. The van der Waals surface area contributed by atoms with Gasteiger partial charge >= 0.3 is 0 Å². The van der Waals surface area contributed by atoms with Gasteiger partial charge in [-0.15, -0.1) is 0 Å². The Labute approximate surface area is 170 Å². The largest absolute Gasteiger partial charge is 0.357 e. The quantitative estimate of drug-likeness (QED) is 0.740. The normalized spacial score (nSPS) is 11.7. The molecule has 144 valence electrons. The fraction of sp³-hybridized carbons (Fsp3) is 0.333. The Kier molecular flexibility index (Phi) is 7.69. The second kappa shape index (κ2) is 9.77. The lowest BCUT2D eigenvalue weighted by Crippen LogP contribution is -2.48. The van der Waals surface area contributed by atoms with Crippen molar-refractivity contribution in [3.63, 3.8) is 0 Å². The number of carbonyl (C=O) groups excluding carboxylic acids is 2. The third-order valence-corrected chi connectivity index (χ3v) is 5.15. The number of aryl methyl sites for hydroxylation is 1. The Bertz CT molecular complexity index is 824. The first-order valence-electron chi connectivity index (χ1n) is 8.86. The molecule has 0 fully saturated rings. The van der Waals surface area contributed by atoms with Crippen molar-refractivity contribution in [3.05, 3.63) is 69.2 Å². The third kappa shape index (κ3) is 5.72. The Hall–Kier alpha value is -2.04. The van der Waals surface area contributed by atoms with Gasteiger partial charge < -0.3 is 10.2 Å². The minimum atomic E-state index is -0.536. The molecule has 0 unspecified atom stereocenters. The lowest BCUT2D eigenvalue weighted by atomic mass is 10.1. The van der Waals surface area contributed by atoms with Crippen molar-refractivity contribution in [3.8, 4) is 0 Å². The summed E-state index contributed by atoms with van der Waals surface area (Å²) >= 11 is 12.0. The molecular weight excluding hydrogens is 383 g/mol. The highest BCUT2D eigenvalue weighted by atomic mass is 35.5. The number of halogens is 2. The predicted molar refractivity (Wildman–Crippen MR) is 110 cm³/mol. The van der Waals surface area contributed by atoms with Crippen molar-refractivity contribution < 1.29 is 9.59 Å². The highest BCUT2D eigenvalue weighted by molar-refractivity contribution is 6.42. The van der Waals surface area contributed by atoms with E-state index in [4.69, 9.17) is 23.2 Å². The maximum absolute atomic E-state index is 13.1. The van der Waals surface area contributed by atoms with Crippen LogP contribution in [0.1, 0.15) is 30.0 Å². The summed E-state index contributed by atoms with van der Waals surface area (Å²) in [6.45, 7) is 4.27. The Balaban J connectivity index is 2.30. The molecule has 2 aromatic carbocycles. The zero-order valence-electron chi connectivity index (χ0n) is 15.8. The molecule has 0 saturated carbocycles. The monoisotopic (exact) mass is 406 g/mol. The lowest BCUT2D eigenvalue weighted by molar-refractivity contribution is -0.140. The Morgan fingerprint density at radius 1 is 1.07 bits per heavy atom. The summed E-state index contributed by atoms with van der Waals surface area (Å²) in [6, 6.07) is 12.5. The highest BCUT2D eigenvalue weighted by Gasteiger charge is 2.28. The van der Waals surface area contributed by atoms with Gasteiger partial charge in [0.05, 0.1) is 16.5 Å². The zero-order chi connectivity index (χ0) is 20.0. The Morgan fingerprint density at radius 2 is 1.81 bits per heavy atom. The van der Waals surface area contributed by atoms with Crippen LogP contribution in [-0.2, 0) is 22.6 Å². The number of benzene rings is 2. The summed E-state index contributed by atoms with van der Waals surface area (Å²) < 4.78 is 0. The van der Waals surface area contributed by atoms with Crippen molar-refractivity contribution in [2.45, 2.75) is 39.3 Å². The molecule has 0 aliphatic heterocycles. The first-order valence-corrected chi connectivity index (χ1v) is 9.61. The smallest absolute Gasteiger partial charge is 0.242 e. The van der Waals surface area contributed by atoms with Crippen LogP contribution in [0.2, 0.25) is 10.0 Å². The standard InChI is InChI=1S/C21H24Cl2N2O2/c1-4-19(21(27)24-3)25(13-16-7-5-6-14(2)10-16)20(26)12-15-8-9-17(22)18(23)11-15/h5-11,19H,4,12-13H2,1-3H3,(H,24,27)/t19-/m0/s1. The number of hydrogen-bond donors (Lipinski definition) is 1. The molecule has 2 amide bonds. The van der Waals surface area contributed by atoms with E-state index in [1.54, 1.807) is 30.1 Å². The van der Waals surface area contributed by atoms with Crippen LogP contribution in [0.3, 0.4) is 0 Å². The number of hydrogen-bond acceptors (Lipinski definition) is 2. The number of amides is 2. The van der Waals surface area contributed by atoms with Crippen LogP contribution >= 0.6 is 23.2 Å². The van der Waals surface area contributed by atoms with Gasteiger partial charge in [-0.05, 0) is 36.6 Å². The first-order chi connectivity index (χ1) is 12.8. The van der Waals surface area contributed by atoms with E-state index in [1.807, 2.05) is 38.1 Å². The molecule has 0 saturated heterocycles. The molecule has 2 aromatic rings. The minimum absolute atomic E-state index is 0.134. The fourth-order valence-corrected chi connectivity index (χ4v) is 3.34. The summed E-state index contributed by atoms with van der Waals surface area (Å²) in [7, 11) is 1.58. The van der Waals surface area contributed by atoms with Gasteiger partial charge in [0, 0.05) is 13.6 Å². The van der Waals surface area contributed by atoms with Crippen LogP contribution in [0.5, 0.6) is 0 Å². The van der Waals surface area contributed by atoms with Crippen molar-refractivity contribution >= 4 is 35.0 Å². The number of likely N-dealkylation sites (N-methyl/N-ethyl adjacent to an activating group) is 1. The molecule has 2 rings (SSSR count). The number of nitrogens with one attached hydrogen (secondary N) is 1. The van der Waals surface area contributed by atoms with Crippen molar-refractivity contribution in [1.82, 2.24) is 10.2 Å². The van der Waals surface area contributed by atoms with Gasteiger partial charge in [0.15, 0.2) is 0 Å². The molecule has 0 spiro atoms. The topological polar surface area (TPSA) is 49.4 Å². The van der Waals surface area contributed by atoms with Crippen LogP contribution in [0, 0.1) is 6.92 Å². The fourth-order valence-electron chi connectivity index (χ4n) is 3.02. The average molecular weight is 407 g/mol. The van der Waals surface area contributed by atoms with Crippen LogP contribution in [-0.4, -0.2) is 29.8 Å². The van der Waals surface area contributed by atoms with E-state index in [9.17, 15) is 9.59 Å². The molecule has 6 heteroatoms. The lowest BCUT2D eigenvalue weighted by Gasteiger charge is -2.30. The minimum Gasteiger partial charge on any atom is -0.357 e. The summed E-state index contributed by atoms with van der Waals surface area (Å²) in [4.78, 5) is 27.1. The average Bonchev–Trinajstić information content (AvgIpc) is 2.64. The van der Waals surface area contributed by atoms with E-state index >= 15 is 0 Å². The second-order valence-corrected chi connectivity index (χ2v) is 7.29. The molecule has 0 aliphatic carbocycles. The van der Waals surface area contributed by atoms with Gasteiger partial charge in [0.25, 0.3) is 0 Å². The molecule has 0 aromatic heterocycles. The van der Waals surface area contributed by atoms with Crippen LogP contribution in [0.4, 0.5) is 0 Å². The van der Waals surface area contributed by atoms with Crippen LogP contribution in [0.15, 0.2) is 42.5 Å². The molecule has 1 atom stereocenters. The first kappa shape index (κ1) is 21.3. The second-order valence-electron chi connectivity index (χ2n) is 6.47.